The number of rotatable bonds is 6. The Balaban J connectivity index is 1.48. The van der Waals surface area contributed by atoms with Crippen LogP contribution in [0.4, 0.5) is 5.95 Å². The molecule has 1 aromatic heterocycles. The van der Waals surface area contributed by atoms with Gasteiger partial charge in [-0.15, -0.1) is 0 Å². The quantitative estimate of drug-likeness (QED) is 0.819. The van der Waals surface area contributed by atoms with Gasteiger partial charge in [-0.1, -0.05) is 37.5 Å². The number of ether oxygens (including phenoxy) is 1. The summed E-state index contributed by atoms with van der Waals surface area (Å²) >= 11 is 0. The SMILES string of the molecule is c1ccc(OCCNc2nccn2C2CCCCC2)cc1. The molecule has 0 atom stereocenters. The van der Waals surface area contributed by atoms with Crippen molar-refractivity contribution in [3.8, 4) is 5.75 Å². The lowest BCUT2D eigenvalue weighted by atomic mass is 9.95. The molecule has 4 nitrogen and oxygen atoms in total. The van der Waals surface area contributed by atoms with Crippen LogP contribution in [0.15, 0.2) is 42.7 Å². The average molecular weight is 285 g/mol. The molecule has 1 aromatic carbocycles. The Morgan fingerprint density at radius 3 is 2.76 bits per heavy atom. The zero-order valence-electron chi connectivity index (χ0n) is 12.4. The third-order valence-corrected chi connectivity index (χ3v) is 4.03. The molecule has 0 spiro atoms. The number of nitrogens with zero attached hydrogens (tertiary/aromatic N) is 2. The molecule has 3 rings (SSSR count). The van der Waals surface area contributed by atoms with Crippen LogP contribution in [0.3, 0.4) is 0 Å². The third-order valence-electron chi connectivity index (χ3n) is 4.03. The van der Waals surface area contributed by atoms with E-state index < -0.39 is 0 Å². The number of benzene rings is 1. The molecule has 0 amide bonds. The summed E-state index contributed by atoms with van der Waals surface area (Å²) in [7, 11) is 0. The van der Waals surface area contributed by atoms with Crippen molar-refractivity contribution in [3.05, 3.63) is 42.7 Å². The molecule has 1 aliphatic carbocycles. The van der Waals surface area contributed by atoms with Gasteiger partial charge in [0.1, 0.15) is 12.4 Å². The fourth-order valence-electron chi connectivity index (χ4n) is 2.95. The molecule has 1 heterocycles. The Bertz CT molecular complexity index is 532. The van der Waals surface area contributed by atoms with E-state index in [1.54, 1.807) is 0 Å². The van der Waals surface area contributed by atoms with E-state index in [1.807, 2.05) is 36.5 Å². The fourth-order valence-corrected chi connectivity index (χ4v) is 2.95. The topological polar surface area (TPSA) is 39.1 Å². The lowest BCUT2D eigenvalue weighted by Crippen LogP contribution is -2.18. The van der Waals surface area contributed by atoms with Crippen molar-refractivity contribution in [1.82, 2.24) is 9.55 Å². The van der Waals surface area contributed by atoms with Crippen LogP contribution < -0.4 is 10.1 Å². The van der Waals surface area contributed by atoms with Gasteiger partial charge in [0.05, 0.1) is 6.54 Å². The summed E-state index contributed by atoms with van der Waals surface area (Å²) in [4.78, 5) is 4.43. The Morgan fingerprint density at radius 2 is 1.95 bits per heavy atom. The summed E-state index contributed by atoms with van der Waals surface area (Å²) in [5.41, 5.74) is 0. The van der Waals surface area contributed by atoms with E-state index in [2.05, 4.69) is 21.1 Å². The van der Waals surface area contributed by atoms with Crippen LogP contribution in [0.2, 0.25) is 0 Å². The van der Waals surface area contributed by atoms with Crippen molar-refractivity contribution in [2.45, 2.75) is 38.1 Å². The Hall–Kier alpha value is -1.97. The van der Waals surface area contributed by atoms with Gasteiger partial charge in [0.2, 0.25) is 5.95 Å². The maximum Gasteiger partial charge on any atom is 0.203 e. The molecular formula is C17H23N3O. The first-order chi connectivity index (χ1) is 10.4. The number of nitrogens with one attached hydrogen (secondary N) is 1. The van der Waals surface area contributed by atoms with E-state index in [0.29, 0.717) is 12.6 Å². The molecule has 0 radical (unpaired) electrons. The van der Waals surface area contributed by atoms with Crippen molar-refractivity contribution in [2.24, 2.45) is 0 Å². The lowest BCUT2D eigenvalue weighted by Gasteiger charge is -2.24. The molecule has 0 saturated heterocycles. The number of imidazole rings is 1. The van der Waals surface area contributed by atoms with Crippen LogP contribution in [0.1, 0.15) is 38.1 Å². The molecule has 0 aliphatic heterocycles. The van der Waals surface area contributed by atoms with Gasteiger partial charge in [-0.3, -0.25) is 0 Å². The first-order valence-electron chi connectivity index (χ1n) is 7.88. The number of hydrogen-bond acceptors (Lipinski definition) is 3. The van der Waals surface area contributed by atoms with Gasteiger partial charge < -0.3 is 14.6 Å². The molecule has 21 heavy (non-hydrogen) atoms. The molecule has 1 aliphatic rings. The highest BCUT2D eigenvalue weighted by molar-refractivity contribution is 5.27. The van der Waals surface area contributed by atoms with E-state index >= 15 is 0 Å². The molecule has 1 N–H and O–H groups in total. The van der Waals surface area contributed by atoms with Gasteiger partial charge in [-0.05, 0) is 25.0 Å². The van der Waals surface area contributed by atoms with E-state index in [9.17, 15) is 0 Å². The minimum absolute atomic E-state index is 0.610. The van der Waals surface area contributed by atoms with Crippen molar-refractivity contribution in [1.29, 1.82) is 0 Å². The Kier molecular flexibility index (Phi) is 4.77. The molecule has 0 unspecified atom stereocenters. The molecular weight excluding hydrogens is 262 g/mol. The van der Waals surface area contributed by atoms with Crippen LogP contribution >= 0.6 is 0 Å². The summed E-state index contributed by atoms with van der Waals surface area (Å²) in [6.07, 6.45) is 10.6. The van der Waals surface area contributed by atoms with Crippen LogP contribution in [-0.2, 0) is 0 Å². The van der Waals surface area contributed by atoms with Gasteiger partial charge >= 0.3 is 0 Å². The first-order valence-corrected chi connectivity index (χ1v) is 7.88. The molecule has 112 valence electrons. The summed E-state index contributed by atoms with van der Waals surface area (Å²) in [5, 5.41) is 3.39. The number of aromatic nitrogens is 2. The zero-order valence-corrected chi connectivity index (χ0v) is 12.4. The molecule has 4 heteroatoms. The number of para-hydroxylation sites is 1. The molecule has 1 fully saturated rings. The van der Waals surface area contributed by atoms with E-state index in [1.165, 1.54) is 32.1 Å². The largest absolute Gasteiger partial charge is 0.492 e. The van der Waals surface area contributed by atoms with Gasteiger partial charge in [0.25, 0.3) is 0 Å². The maximum atomic E-state index is 5.69. The smallest absolute Gasteiger partial charge is 0.203 e. The second kappa shape index (κ2) is 7.16. The summed E-state index contributed by atoms with van der Waals surface area (Å²) in [5.74, 6) is 1.88. The minimum atomic E-state index is 0.610. The number of hydrogen-bond donors (Lipinski definition) is 1. The average Bonchev–Trinajstić information content (AvgIpc) is 3.02. The van der Waals surface area contributed by atoms with E-state index in [4.69, 9.17) is 4.74 Å². The molecule has 0 bridgehead atoms. The lowest BCUT2D eigenvalue weighted by molar-refractivity contribution is 0.330. The highest BCUT2D eigenvalue weighted by Gasteiger charge is 2.17. The Morgan fingerprint density at radius 1 is 1.14 bits per heavy atom. The zero-order chi connectivity index (χ0) is 14.3. The van der Waals surface area contributed by atoms with Crippen molar-refractivity contribution >= 4 is 5.95 Å². The van der Waals surface area contributed by atoms with Crippen molar-refractivity contribution < 1.29 is 4.74 Å². The van der Waals surface area contributed by atoms with E-state index in [-0.39, 0.29) is 0 Å². The third kappa shape index (κ3) is 3.78. The highest BCUT2D eigenvalue weighted by Crippen LogP contribution is 2.29. The Labute approximate surface area is 126 Å². The van der Waals surface area contributed by atoms with Gasteiger partial charge in [-0.2, -0.15) is 0 Å². The summed E-state index contributed by atoms with van der Waals surface area (Å²) < 4.78 is 7.98. The first kappa shape index (κ1) is 14.0. The normalized spacial score (nSPS) is 15.8. The number of anilines is 1. The minimum Gasteiger partial charge on any atom is -0.492 e. The van der Waals surface area contributed by atoms with Crippen LogP contribution in [0.25, 0.3) is 0 Å². The maximum absolute atomic E-state index is 5.69. The van der Waals surface area contributed by atoms with Crippen molar-refractivity contribution in [3.63, 3.8) is 0 Å². The van der Waals surface area contributed by atoms with Gasteiger partial charge in [0.15, 0.2) is 0 Å². The van der Waals surface area contributed by atoms with Gasteiger partial charge in [-0.25, -0.2) is 4.98 Å². The summed E-state index contributed by atoms with van der Waals surface area (Å²) in [6, 6.07) is 10.5. The summed E-state index contributed by atoms with van der Waals surface area (Å²) in [6.45, 7) is 1.40. The molecule has 2 aromatic rings. The second-order valence-electron chi connectivity index (χ2n) is 5.54. The fraction of sp³-hybridized carbons (Fsp3) is 0.471. The van der Waals surface area contributed by atoms with E-state index in [0.717, 1.165) is 18.2 Å². The van der Waals surface area contributed by atoms with Gasteiger partial charge in [0, 0.05) is 18.4 Å². The monoisotopic (exact) mass is 285 g/mol. The second-order valence-corrected chi connectivity index (χ2v) is 5.54. The van der Waals surface area contributed by atoms with Crippen LogP contribution in [0, 0.1) is 0 Å². The van der Waals surface area contributed by atoms with Crippen molar-refractivity contribution in [2.75, 3.05) is 18.5 Å². The molecule has 1 saturated carbocycles. The predicted molar refractivity (Wildman–Crippen MR) is 84.8 cm³/mol. The standard InChI is InChI=1S/C17H23N3O/c1-3-7-15(8-4-1)20-13-11-18-17(20)19-12-14-21-16-9-5-2-6-10-16/h2,5-6,9-11,13,15H,1,3-4,7-8,12,14H2,(H,18,19). The van der Waals surface area contributed by atoms with Crippen LogP contribution in [-0.4, -0.2) is 22.7 Å². The van der Waals surface area contributed by atoms with Crippen LogP contribution in [0.5, 0.6) is 5.75 Å². The highest BCUT2D eigenvalue weighted by atomic mass is 16.5. The predicted octanol–water partition coefficient (Wildman–Crippen LogP) is 3.88.